The van der Waals surface area contributed by atoms with E-state index in [0.717, 1.165) is 11.9 Å². The van der Waals surface area contributed by atoms with Crippen LogP contribution < -0.4 is 103 Å². The van der Waals surface area contributed by atoms with Crippen molar-refractivity contribution in [1.29, 1.82) is 15.8 Å². The van der Waals surface area contributed by atoms with E-state index in [-0.39, 0.29) is 125 Å². The Hall–Kier alpha value is 1.59. The van der Waals surface area contributed by atoms with Gasteiger partial charge in [0.05, 0.1) is 18.0 Å². The second-order valence-corrected chi connectivity index (χ2v) is 1.09. The van der Waals surface area contributed by atoms with E-state index in [0.29, 0.717) is 0 Å². The van der Waals surface area contributed by atoms with Gasteiger partial charge >= 0.3 is 117 Å². The fourth-order valence-corrected chi connectivity index (χ4v) is 0.0289. The van der Waals surface area contributed by atoms with Crippen LogP contribution in [0.4, 0.5) is 17.3 Å². The minimum atomic E-state index is -3.67. The van der Waals surface area contributed by atoms with E-state index in [4.69, 9.17) is 15.8 Å². The van der Waals surface area contributed by atoms with E-state index in [2.05, 4.69) is 0 Å². The van der Waals surface area contributed by atoms with Crippen LogP contribution in [0.3, 0.4) is 0 Å². The number of nitriles is 3. The van der Waals surface area contributed by atoms with Gasteiger partial charge in [-0.3, -0.25) is 17.3 Å². The molecule has 0 saturated heterocycles. The first kappa shape index (κ1) is 50.4. The molecule has 0 amide bonds. The van der Waals surface area contributed by atoms with Gasteiger partial charge in [-0.2, -0.15) is 5.26 Å². The molecule has 0 spiro atoms. The molecule has 0 fully saturated rings. The zero-order chi connectivity index (χ0) is 11.3. The Balaban J connectivity index is -0.0000000127. The predicted molar refractivity (Wildman–Crippen MR) is 58.0 cm³/mol. The molecule has 18 heavy (non-hydrogen) atoms. The topological polar surface area (TPSA) is 71.4 Å². The molecule has 0 aromatic rings. The van der Waals surface area contributed by atoms with Gasteiger partial charge in [0, 0.05) is 6.92 Å². The Kier molecular flexibility index (Phi) is 144. The predicted octanol–water partition coefficient (Wildman–Crippen LogP) is -2.97. The third-order valence-electron chi connectivity index (χ3n) is 0.227. The zero-order valence-corrected chi connectivity index (χ0v) is 16.8. The normalized spacial score (nSPS) is 3.67. The molecule has 0 aromatic heterocycles. The summed E-state index contributed by atoms with van der Waals surface area (Å²) in [5, 5.41) is 22.3. The van der Waals surface area contributed by atoms with Crippen molar-refractivity contribution in [1.82, 2.24) is 0 Å². The maximum Gasteiger partial charge on any atom is 1.00 e. The van der Waals surface area contributed by atoms with Crippen molar-refractivity contribution in [2.75, 3.05) is 0 Å². The first-order chi connectivity index (χ1) is 5.95. The Morgan fingerprint density at radius 3 is 0.944 bits per heavy atom. The van der Waals surface area contributed by atoms with Gasteiger partial charge < -0.3 is 14.9 Å². The number of nitrogens with zero attached hydrogens (tertiary/aromatic N) is 3. The van der Waals surface area contributed by atoms with Crippen molar-refractivity contribution in [3.8, 4) is 18.0 Å². The Morgan fingerprint density at radius 2 is 0.944 bits per heavy atom. The maximum atomic E-state index is 11.1. The van der Waals surface area contributed by atoms with Crippen molar-refractivity contribution in [3.05, 3.63) is 14.9 Å². The van der Waals surface area contributed by atoms with E-state index in [1.807, 2.05) is 0 Å². The standard InChI is InChI=1S/C2BFN2.C2H3N.CH4.2CH3.BF3.2K/c4-3(1-5)2-6;1-2-3;;;;2-1(3)4;;/h;1H3;1H4;2*1H3;;;/q;;;2*-1;;2*+1. The van der Waals surface area contributed by atoms with Crippen LogP contribution >= 0.6 is 0 Å². The Bertz CT molecular complexity index is 211. The van der Waals surface area contributed by atoms with E-state index in [1.165, 1.54) is 6.92 Å². The van der Waals surface area contributed by atoms with E-state index in [9.17, 15) is 17.3 Å². The van der Waals surface area contributed by atoms with Crippen LogP contribution in [0.25, 0.3) is 0 Å². The van der Waals surface area contributed by atoms with Crippen LogP contribution in [0, 0.1) is 48.6 Å². The van der Waals surface area contributed by atoms with Crippen molar-refractivity contribution >= 4 is 14.5 Å². The van der Waals surface area contributed by atoms with Crippen LogP contribution in [0.2, 0.25) is 0 Å². The monoisotopic (exact) mass is 315 g/mol. The molecule has 0 aliphatic rings. The van der Waals surface area contributed by atoms with Gasteiger partial charge in [0.25, 0.3) is 0 Å². The minimum absolute atomic E-state index is 0. The molecule has 0 unspecified atom stereocenters. The van der Waals surface area contributed by atoms with Gasteiger partial charge in [-0.1, -0.05) is 7.43 Å². The summed E-state index contributed by atoms with van der Waals surface area (Å²) in [7, 11) is -3.67. The molecule has 0 aromatic carbocycles. The van der Waals surface area contributed by atoms with Gasteiger partial charge in [-0.15, -0.1) is 0 Å². The molecule has 0 rings (SSSR count). The van der Waals surface area contributed by atoms with Gasteiger partial charge in [0.15, 0.2) is 0 Å². The third-order valence-corrected chi connectivity index (χ3v) is 0.227. The number of hydrogen-bond acceptors (Lipinski definition) is 3. The fourth-order valence-electron chi connectivity index (χ4n) is 0.0289. The van der Waals surface area contributed by atoms with Crippen molar-refractivity contribution < 1.29 is 120 Å². The Morgan fingerprint density at radius 1 is 0.833 bits per heavy atom. The van der Waals surface area contributed by atoms with E-state index < -0.39 is 14.5 Å². The molecule has 0 radical (unpaired) electrons. The number of hydrogen-bond donors (Lipinski definition) is 0. The first-order valence-corrected chi connectivity index (χ1v) is 2.62. The van der Waals surface area contributed by atoms with Crippen LogP contribution in [-0.4, -0.2) is 14.5 Å². The van der Waals surface area contributed by atoms with Gasteiger partial charge in [-0.25, -0.2) is 10.5 Å². The van der Waals surface area contributed by atoms with E-state index >= 15 is 0 Å². The Labute approximate surface area is 193 Å². The largest absolute Gasteiger partial charge is 1.00 e. The summed E-state index contributed by atoms with van der Waals surface area (Å²) < 4.78 is 40.1. The average Bonchev–Trinajstić information content (AvgIpc) is 2.03. The molecule has 0 heterocycles. The third kappa shape index (κ3) is 155. The smallest absolute Gasteiger partial charge is 0.358 e. The molecule has 0 aliphatic carbocycles. The van der Waals surface area contributed by atoms with Gasteiger partial charge in [-0.05, 0) is 0 Å². The SMILES string of the molecule is C.CC#N.FB(F)F.N#CB(F)C#N.[CH3-].[CH3-].[K+].[K+]. The minimum Gasteiger partial charge on any atom is -0.358 e. The summed E-state index contributed by atoms with van der Waals surface area (Å²) in [6.07, 6.45) is 0. The van der Waals surface area contributed by atoms with Crippen LogP contribution in [0.1, 0.15) is 14.4 Å². The fraction of sp³-hybridized carbons (Fsp3) is 0.286. The molecule has 11 heteroatoms. The van der Waals surface area contributed by atoms with Crippen LogP contribution in [-0.2, 0) is 0 Å². The average molecular weight is 315 g/mol. The number of halogens is 4. The molecule has 0 bridgehead atoms. The zero-order valence-electron chi connectivity index (χ0n) is 10.5. The summed E-state index contributed by atoms with van der Waals surface area (Å²) in [5.74, 6) is 2.17. The van der Waals surface area contributed by atoms with Gasteiger partial charge in [0.2, 0.25) is 0 Å². The number of rotatable bonds is 0. The molecular weight excluding hydrogens is 302 g/mol. The molecule has 0 atom stereocenters. The second kappa shape index (κ2) is 51.3. The summed E-state index contributed by atoms with van der Waals surface area (Å²) >= 11 is 0. The summed E-state index contributed by atoms with van der Waals surface area (Å²) in [5.41, 5.74) is 0. The first-order valence-electron chi connectivity index (χ1n) is 2.62. The molecule has 0 saturated carbocycles. The van der Waals surface area contributed by atoms with E-state index in [1.54, 1.807) is 6.07 Å². The summed E-state index contributed by atoms with van der Waals surface area (Å²) in [6.45, 7) is -0.523. The molecule has 0 N–H and O–H groups in total. The van der Waals surface area contributed by atoms with Crippen molar-refractivity contribution in [2.45, 2.75) is 14.4 Å². The summed E-state index contributed by atoms with van der Waals surface area (Å²) in [4.78, 5) is 0. The summed E-state index contributed by atoms with van der Waals surface area (Å²) in [6, 6.07) is 1.75. The molecular formula is C7H13B2F4K2N3. The van der Waals surface area contributed by atoms with Crippen molar-refractivity contribution in [2.24, 2.45) is 0 Å². The molecule has 3 nitrogen and oxygen atoms in total. The van der Waals surface area contributed by atoms with Crippen molar-refractivity contribution in [3.63, 3.8) is 0 Å². The van der Waals surface area contributed by atoms with Crippen LogP contribution in [0.15, 0.2) is 0 Å². The van der Waals surface area contributed by atoms with Gasteiger partial charge in [0.1, 0.15) is 0 Å². The quantitative estimate of drug-likeness (QED) is 0.272. The molecule has 92 valence electrons. The van der Waals surface area contributed by atoms with Crippen LogP contribution in [0.5, 0.6) is 0 Å². The second-order valence-electron chi connectivity index (χ2n) is 1.09. The molecule has 0 aliphatic heterocycles. The maximum absolute atomic E-state index is 11.1.